The van der Waals surface area contributed by atoms with Crippen LogP contribution in [0.1, 0.15) is 11.1 Å². The molecule has 3 aromatic rings. The van der Waals surface area contributed by atoms with Crippen molar-refractivity contribution in [2.45, 2.75) is 11.5 Å². The lowest BCUT2D eigenvalue weighted by Crippen LogP contribution is -2.14. The van der Waals surface area contributed by atoms with Gasteiger partial charge in [-0.05, 0) is 54.1 Å². The normalized spacial score (nSPS) is 11.4. The molecule has 3 rings (SSSR count). The van der Waals surface area contributed by atoms with Gasteiger partial charge in [0.1, 0.15) is 29.8 Å². The zero-order chi connectivity index (χ0) is 27.2. The molecule has 0 aromatic heterocycles. The molecule has 0 bridgehead atoms. The van der Waals surface area contributed by atoms with E-state index in [2.05, 4.69) is 5.32 Å². The Bertz CT molecular complexity index is 1530. The van der Waals surface area contributed by atoms with E-state index in [0.717, 1.165) is 18.2 Å². The summed E-state index contributed by atoms with van der Waals surface area (Å²) in [6.45, 7) is -0.236. The number of nitro groups is 1. The molecule has 0 aliphatic rings. The Balaban J connectivity index is 1.83. The maximum Gasteiger partial charge on any atom is 0.311 e. The van der Waals surface area contributed by atoms with Crippen LogP contribution in [0.4, 0.5) is 15.8 Å². The van der Waals surface area contributed by atoms with Gasteiger partial charge in [-0.15, -0.1) is 0 Å². The number of nitrogens with two attached hydrogens (primary N) is 1. The number of primary sulfonamides is 1. The predicted octanol–water partition coefficient (Wildman–Crippen LogP) is 3.51. The molecule has 11 nitrogen and oxygen atoms in total. The number of sulfonamides is 1. The van der Waals surface area contributed by atoms with E-state index in [9.17, 15) is 33.0 Å². The Morgan fingerprint density at radius 3 is 2.46 bits per heavy atom. The molecule has 0 atom stereocenters. The van der Waals surface area contributed by atoms with Gasteiger partial charge >= 0.3 is 5.69 Å². The molecule has 190 valence electrons. The summed E-state index contributed by atoms with van der Waals surface area (Å²) in [5.41, 5.74) is 0.361. The number of methoxy groups -OCH3 is 1. The van der Waals surface area contributed by atoms with Gasteiger partial charge in [-0.3, -0.25) is 14.9 Å². The lowest BCUT2D eigenvalue weighted by Gasteiger charge is -2.12. The quantitative estimate of drug-likeness (QED) is 0.184. The molecule has 0 aliphatic heterocycles. The Kier molecular flexibility index (Phi) is 8.18. The first-order valence-corrected chi connectivity index (χ1v) is 11.9. The van der Waals surface area contributed by atoms with Crippen LogP contribution in [0, 0.1) is 27.3 Å². The van der Waals surface area contributed by atoms with Gasteiger partial charge in [-0.25, -0.2) is 17.9 Å². The van der Waals surface area contributed by atoms with Crippen molar-refractivity contribution in [3.8, 4) is 17.6 Å². The predicted molar refractivity (Wildman–Crippen MR) is 130 cm³/mol. The molecule has 13 heteroatoms. The first kappa shape index (κ1) is 26.8. The smallest absolute Gasteiger partial charge is 0.311 e. The van der Waals surface area contributed by atoms with Crippen LogP contribution in [0.2, 0.25) is 0 Å². The summed E-state index contributed by atoms with van der Waals surface area (Å²) in [5.74, 6) is -1.39. The number of hydrogen-bond donors (Lipinski definition) is 2. The summed E-state index contributed by atoms with van der Waals surface area (Å²) in [4.78, 5) is 22.9. The summed E-state index contributed by atoms with van der Waals surface area (Å²) in [5, 5.41) is 28.2. The highest BCUT2D eigenvalue weighted by Gasteiger charge is 2.17. The third-order valence-corrected chi connectivity index (χ3v) is 5.85. The topological polar surface area (TPSA) is 175 Å². The van der Waals surface area contributed by atoms with Crippen molar-refractivity contribution in [1.82, 2.24) is 0 Å². The number of halogens is 1. The Morgan fingerprint density at radius 1 is 1.16 bits per heavy atom. The Hall–Kier alpha value is -4.80. The minimum Gasteiger partial charge on any atom is -0.496 e. The van der Waals surface area contributed by atoms with Gasteiger partial charge in [0.05, 0.1) is 16.9 Å². The standard InChI is InChI=1S/C24H19FN4O7S/c1-35-22-9-2-15(11-17(22)14-36-23-12-18(25)3-8-21(23)29(31)32)10-16(13-26)24(30)28-19-4-6-20(7-5-19)37(27,33)34/h2-12H,14H2,1H3,(H,28,30)(H2,27,33,34)/b16-10+. The van der Waals surface area contributed by atoms with Crippen LogP contribution in [0.15, 0.2) is 71.1 Å². The van der Waals surface area contributed by atoms with Gasteiger partial charge in [0.25, 0.3) is 5.91 Å². The first-order valence-electron chi connectivity index (χ1n) is 10.3. The zero-order valence-corrected chi connectivity index (χ0v) is 20.0. The second-order valence-corrected chi connectivity index (χ2v) is 8.98. The Morgan fingerprint density at radius 2 is 1.86 bits per heavy atom. The lowest BCUT2D eigenvalue weighted by atomic mass is 10.1. The molecule has 3 aromatic carbocycles. The van der Waals surface area contributed by atoms with Crippen molar-refractivity contribution in [3.63, 3.8) is 0 Å². The van der Waals surface area contributed by atoms with Crippen molar-refractivity contribution < 1.29 is 32.0 Å². The number of nitrogens with zero attached hydrogens (tertiary/aromatic N) is 2. The highest BCUT2D eigenvalue weighted by Crippen LogP contribution is 2.30. The molecular weight excluding hydrogens is 507 g/mol. The van der Waals surface area contributed by atoms with E-state index < -0.39 is 32.4 Å². The number of carbonyl (C=O) groups is 1. The van der Waals surface area contributed by atoms with Crippen LogP contribution >= 0.6 is 0 Å². The number of ether oxygens (including phenoxy) is 2. The van der Waals surface area contributed by atoms with Crippen LogP contribution in [-0.2, 0) is 21.4 Å². The van der Waals surface area contributed by atoms with Crippen LogP contribution in [0.25, 0.3) is 6.08 Å². The molecule has 0 heterocycles. The molecule has 37 heavy (non-hydrogen) atoms. The molecule has 0 aliphatic carbocycles. The highest BCUT2D eigenvalue weighted by molar-refractivity contribution is 7.89. The van der Waals surface area contributed by atoms with E-state index in [-0.39, 0.29) is 28.5 Å². The number of nitrogens with one attached hydrogen (secondary N) is 1. The SMILES string of the molecule is COc1ccc(/C=C(\C#N)C(=O)Nc2ccc(S(N)(=O)=O)cc2)cc1COc1cc(F)ccc1[N+](=O)[O-]. The number of benzene rings is 3. The monoisotopic (exact) mass is 526 g/mol. The summed E-state index contributed by atoms with van der Waals surface area (Å²) in [6, 6.07) is 14.3. The fourth-order valence-electron chi connectivity index (χ4n) is 3.15. The van der Waals surface area contributed by atoms with Gasteiger partial charge in [0, 0.05) is 23.4 Å². The van der Waals surface area contributed by atoms with Crippen molar-refractivity contribution in [3.05, 3.63) is 93.3 Å². The first-order chi connectivity index (χ1) is 17.5. The number of nitro benzene ring substituents is 1. The van der Waals surface area contributed by atoms with Crippen LogP contribution < -0.4 is 19.9 Å². The maximum absolute atomic E-state index is 13.6. The molecule has 0 spiro atoms. The molecular formula is C24H19FN4O7S. The van der Waals surface area contributed by atoms with E-state index >= 15 is 0 Å². The highest BCUT2D eigenvalue weighted by atomic mass is 32.2. The molecule has 1 amide bonds. The van der Waals surface area contributed by atoms with Gasteiger partial charge in [0.2, 0.25) is 10.0 Å². The minimum absolute atomic E-state index is 0.141. The van der Waals surface area contributed by atoms with E-state index in [1.165, 1.54) is 43.5 Å². The molecule has 0 saturated heterocycles. The van der Waals surface area contributed by atoms with Gasteiger partial charge < -0.3 is 14.8 Å². The van der Waals surface area contributed by atoms with Crippen LogP contribution in [0.5, 0.6) is 11.5 Å². The van der Waals surface area contributed by atoms with E-state index in [4.69, 9.17) is 14.6 Å². The third kappa shape index (κ3) is 6.88. The number of carbonyl (C=O) groups excluding carboxylic acids is 1. The Labute approximate surface area is 210 Å². The molecule has 0 unspecified atom stereocenters. The number of rotatable bonds is 9. The third-order valence-electron chi connectivity index (χ3n) is 4.92. The van der Waals surface area contributed by atoms with Crippen LogP contribution in [-0.4, -0.2) is 26.4 Å². The van der Waals surface area contributed by atoms with Gasteiger partial charge in [-0.1, -0.05) is 6.07 Å². The molecule has 0 radical (unpaired) electrons. The molecule has 3 N–H and O–H groups in total. The van der Waals surface area contributed by atoms with Crippen molar-refractivity contribution in [2.75, 3.05) is 12.4 Å². The summed E-state index contributed by atoms with van der Waals surface area (Å²) >= 11 is 0. The largest absolute Gasteiger partial charge is 0.496 e. The maximum atomic E-state index is 13.6. The molecule has 0 saturated carbocycles. The van der Waals surface area contributed by atoms with Crippen molar-refractivity contribution in [1.29, 1.82) is 5.26 Å². The molecule has 0 fully saturated rings. The fourth-order valence-corrected chi connectivity index (χ4v) is 3.67. The van der Waals surface area contributed by atoms with E-state index in [1.807, 2.05) is 0 Å². The van der Waals surface area contributed by atoms with E-state index in [0.29, 0.717) is 16.9 Å². The zero-order valence-electron chi connectivity index (χ0n) is 19.2. The number of hydrogen-bond acceptors (Lipinski definition) is 8. The van der Waals surface area contributed by atoms with Crippen LogP contribution in [0.3, 0.4) is 0 Å². The summed E-state index contributed by atoms with van der Waals surface area (Å²) in [6.07, 6.45) is 1.29. The summed E-state index contributed by atoms with van der Waals surface area (Å²) in [7, 11) is -2.50. The number of amides is 1. The van der Waals surface area contributed by atoms with Gasteiger partial charge in [0.15, 0.2) is 5.75 Å². The average molecular weight is 527 g/mol. The lowest BCUT2D eigenvalue weighted by molar-refractivity contribution is -0.386. The fraction of sp³-hybridized carbons (Fsp3) is 0.0833. The minimum atomic E-state index is -3.90. The van der Waals surface area contributed by atoms with Crippen molar-refractivity contribution in [2.24, 2.45) is 5.14 Å². The second kappa shape index (κ2) is 11.3. The number of anilines is 1. The van der Waals surface area contributed by atoms with E-state index in [1.54, 1.807) is 18.2 Å². The van der Waals surface area contributed by atoms with Crippen molar-refractivity contribution >= 4 is 33.4 Å². The van der Waals surface area contributed by atoms with Gasteiger partial charge in [-0.2, -0.15) is 5.26 Å². The average Bonchev–Trinajstić information content (AvgIpc) is 2.85. The number of nitriles is 1. The summed E-state index contributed by atoms with van der Waals surface area (Å²) < 4.78 is 47.1. The second-order valence-electron chi connectivity index (χ2n) is 7.42.